The van der Waals surface area contributed by atoms with E-state index in [0.29, 0.717) is 13.0 Å². The minimum atomic E-state index is -0.289. The molecule has 0 aliphatic rings. The molecule has 2 aromatic rings. The van der Waals surface area contributed by atoms with Gasteiger partial charge in [-0.3, -0.25) is 4.79 Å². The molecular formula is C16H21N3O2. The Labute approximate surface area is 124 Å². The van der Waals surface area contributed by atoms with Gasteiger partial charge < -0.3 is 10.1 Å². The predicted octanol–water partition coefficient (Wildman–Crippen LogP) is 2.22. The summed E-state index contributed by atoms with van der Waals surface area (Å²) in [7, 11) is 1.41. The zero-order chi connectivity index (χ0) is 15.2. The number of hydrogen-bond donors (Lipinski definition) is 1. The van der Waals surface area contributed by atoms with Gasteiger partial charge in [-0.25, -0.2) is 4.68 Å². The Morgan fingerprint density at radius 1 is 1.38 bits per heavy atom. The molecule has 1 heterocycles. The molecule has 0 aliphatic heterocycles. The van der Waals surface area contributed by atoms with Gasteiger partial charge in [-0.2, -0.15) is 5.10 Å². The molecular weight excluding hydrogens is 266 g/mol. The Morgan fingerprint density at radius 2 is 2.14 bits per heavy atom. The lowest BCUT2D eigenvalue weighted by atomic mass is 10.1. The summed E-state index contributed by atoms with van der Waals surface area (Å²) in [6.45, 7) is 4.50. The van der Waals surface area contributed by atoms with Crippen molar-refractivity contribution in [2.24, 2.45) is 0 Å². The van der Waals surface area contributed by atoms with Crippen molar-refractivity contribution in [2.45, 2.75) is 32.9 Å². The maximum absolute atomic E-state index is 11.6. The molecule has 2 rings (SSSR count). The molecule has 0 bridgehead atoms. The van der Waals surface area contributed by atoms with E-state index in [9.17, 15) is 4.79 Å². The molecule has 1 aromatic carbocycles. The third kappa shape index (κ3) is 3.70. The van der Waals surface area contributed by atoms with E-state index in [0.717, 1.165) is 16.9 Å². The Morgan fingerprint density at radius 3 is 2.76 bits per heavy atom. The van der Waals surface area contributed by atoms with Crippen molar-refractivity contribution in [1.82, 2.24) is 15.1 Å². The third-order valence-corrected chi connectivity index (χ3v) is 3.39. The minimum Gasteiger partial charge on any atom is -0.468 e. The first-order chi connectivity index (χ1) is 10.2. The number of nitrogens with one attached hydrogen (secondary N) is 1. The Kier molecular flexibility index (Phi) is 5.11. The van der Waals surface area contributed by atoms with E-state index in [1.807, 2.05) is 55.1 Å². The van der Waals surface area contributed by atoms with Crippen LogP contribution in [0.4, 0.5) is 0 Å². The summed E-state index contributed by atoms with van der Waals surface area (Å²) < 4.78 is 6.64. The number of para-hydroxylation sites is 1. The third-order valence-electron chi connectivity index (χ3n) is 3.39. The van der Waals surface area contributed by atoms with Gasteiger partial charge in [0.05, 0.1) is 18.5 Å². The quantitative estimate of drug-likeness (QED) is 0.828. The Hall–Kier alpha value is -2.14. The van der Waals surface area contributed by atoms with E-state index >= 15 is 0 Å². The number of rotatable bonds is 6. The highest BCUT2D eigenvalue weighted by atomic mass is 16.5. The fraction of sp³-hybridized carbons (Fsp3) is 0.375. The van der Waals surface area contributed by atoms with Gasteiger partial charge in [-0.15, -0.1) is 0 Å². The topological polar surface area (TPSA) is 56.2 Å². The summed E-state index contributed by atoms with van der Waals surface area (Å²) in [6, 6.07) is 9.69. The van der Waals surface area contributed by atoms with Crippen LogP contribution in [0.5, 0.6) is 0 Å². The van der Waals surface area contributed by atoms with Crippen LogP contribution in [0, 0.1) is 6.92 Å². The van der Waals surface area contributed by atoms with Gasteiger partial charge >= 0.3 is 5.97 Å². The van der Waals surface area contributed by atoms with Gasteiger partial charge in [0.1, 0.15) is 6.04 Å². The van der Waals surface area contributed by atoms with Crippen LogP contribution in [-0.4, -0.2) is 28.9 Å². The number of hydrogen-bond acceptors (Lipinski definition) is 4. The molecule has 0 radical (unpaired) electrons. The van der Waals surface area contributed by atoms with Crippen molar-refractivity contribution in [3.63, 3.8) is 0 Å². The van der Waals surface area contributed by atoms with Crippen molar-refractivity contribution in [3.05, 3.63) is 47.8 Å². The summed E-state index contributed by atoms with van der Waals surface area (Å²) in [6.07, 6.45) is 2.63. The molecule has 112 valence electrons. The van der Waals surface area contributed by atoms with Crippen LogP contribution in [0.1, 0.15) is 24.6 Å². The van der Waals surface area contributed by atoms with Gasteiger partial charge in [0, 0.05) is 12.7 Å². The van der Waals surface area contributed by atoms with E-state index in [-0.39, 0.29) is 12.0 Å². The second-order valence-corrected chi connectivity index (χ2v) is 4.90. The van der Waals surface area contributed by atoms with E-state index in [1.54, 1.807) is 0 Å². The van der Waals surface area contributed by atoms with E-state index in [1.165, 1.54) is 7.11 Å². The highest BCUT2D eigenvalue weighted by molar-refractivity contribution is 5.75. The van der Waals surface area contributed by atoms with Crippen LogP contribution in [0.15, 0.2) is 36.5 Å². The first-order valence-electron chi connectivity index (χ1n) is 7.07. The van der Waals surface area contributed by atoms with Crippen molar-refractivity contribution in [1.29, 1.82) is 0 Å². The van der Waals surface area contributed by atoms with Gasteiger partial charge in [0.2, 0.25) is 0 Å². The summed E-state index contributed by atoms with van der Waals surface area (Å²) in [5.74, 6) is -0.232. The largest absolute Gasteiger partial charge is 0.468 e. The smallest absolute Gasteiger partial charge is 0.322 e. The number of benzene rings is 1. The number of methoxy groups -OCH3 is 1. The maximum Gasteiger partial charge on any atom is 0.322 e. The van der Waals surface area contributed by atoms with Crippen LogP contribution >= 0.6 is 0 Å². The van der Waals surface area contributed by atoms with Gasteiger partial charge in [-0.1, -0.05) is 25.1 Å². The molecule has 0 saturated heterocycles. The second kappa shape index (κ2) is 7.04. The van der Waals surface area contributed by atoms with E-state index in [2.05, 4.69) is 10.4 Å². The highest BCUT2D eigenvalue weighted by Gasteiger charge is 2.16. The normalized spacial score (nSPS) is 12.1. The number of ether oxygens (including phenoxy) is 1. The number of esters is 1. The first-order valence-corrected chi connectivity index (χ1v) is 7.07. The van der Waals surface area contributed by atoms with Crippen molar-refractivity contribution in [3.8, 4) is 5.69 Å². The fourth-order valence-electron chi connectivity index (χ4n) is 2.20. The van der Waals surface area contributed by atoms with Crippen LogP contribution in [-0.2, 0) is 16.1 Å². The SMILES string of the molecule is CC[C@H](NCc1ccccc1-n1ccc(C)n1)C(=O)OC. The molecule has 21 heavy (non-hydrogen) atoms. The zero-order valence-corrected chi connectivity index (χ0v) is 12.7. The lowest BCUT2D eigenvalue weighted by molar-refractivity contribution is -0.143. The van der Waals surface area contributed by atoms with Gasteiger partial charge in [0.15, 0.2) is 0 Å². The Balaban J connectivity index is 2.15. The number of aromatic nitrogens is 2. The lowest BCUT2D eigenvalue weighted by Gasteiger charge is -2.16. The summed E-state index contributed by atoms with van der Waals surface area (Å²) in [4.78, 5) is 11.6. The monoisotopic (exact) mass is 287 g/mol. The molecule has 1 aromatic heterocycles. The second-order valence-electron chi connectivity index (χ2n) is 4.90. The fourth-order valence-corrected chi connectivity index (χ4v) is 2.20. The molecule has 0 unspecified atom stereocenters. The predicted molar refractivity (Wildman–Crippen MR) is 81.2 cm³/mol. The Bertz CT molecular complexity index is 607. The molecule has 0 saturated carbocycles. The van der Waals surface area contributed by atoms with Crippen LogP contribution < -0.4 is 5.32 Å². The molecule has 1 N–H and O–H groups in total. The van der Waals surface area contributed by atoms with Crippen LogP contribution in [0.25, 0.3) is 5.69 Å². The molecule has 0 amide bonds. The van der Waals surface area contributed by atoms with Crippen molar-refractivity contribution in [2.75, 3.05) is 7.11 Å². The molecule has 0 fully saturated rings. The van der Waals surface area contributed by atoms with Gasteiger partial charge in [-0.05, 0) is 31.0 Å². The van der Waals surface area contributed by atoms with Crippen molar-refractivity contribution >= 4 is 5.97 Å². The number of carbonyl (C=O) groups excluding carboxylic acids is 1. The number of nitrogens with zero attached hydrogens (tertiary/aromatic N) is 2. The molecule has 5 nitrogen and oxygen atoms in total. The number of aryl methyl sites for hydroxylation is 1. The zero-order valence-electron chi connectivity index (χ0n) is 12.7. The van der Waals surface area contributed by atoms with Crippen molar-refractivity contribution < 1.29 is 9.53 Å². The maximum atomic E-state index is 11.6. The number of carbonyl (C=O) groups is 1. The first kappa shape index (κ1) is 15.3. The molecule has 0 spiro atoms. The van der Waals surface area contributed by atoms with Crippen LogP contribution in [0.3, 0.4) is 0 Å². The lowest BCUT2D eigenvalue weighted by Crippen LogP contribution is -2.36. The standard InChI is InChI=1S/C16H21N3O2/c1-4-14(16(20)21-3)17-11-13-7-5-6-8-15(13)19-10-9-12(2)18-19/h5-10,14,17H,4,11H2,1-3H3/t14-/m0/s1. The van der Waals surface area contributed by atoms with E-state index in [4.69, 9.17) is 4.74 Å². The van der Waals surface area contributed by atoms with Gasteiger partial charge in [0.25, 0.3) is 0 Å². The summed E-state index contributed by atoms with van der Waals surface area (Å²) >= 11 is 0. The molecule has 5 heteroatoms. The van der Waals surface area contributed by atoms with E-state index < -0.39 is 0 Å². The highest BCUT2D eigenvalue weighted by Crippen LogP contribution is 2.14. The summed E-state index contributed by atoms with van der Waals surface area (Å²) in [5, 5.41) is 7.68. The summed E-state index contributed by atoms with van der Waals surface area (Å²) in [5.41, 5.74) is 3.07. The average molecular weight is 287 g/mol. The average Bonchev–Trinajstić information content (AvgIpc) is 2.94. The molecule has 0 aliphatic carbocycles. The van der Waals surface area contributed by atoms with Crippen LogP contribution in [0.2, 0.25) is 0 Å². The molecule has 1 atom stereocenters. The minimum absolute atomic E-state index is 0.232.